The molecule has 0 spiro atoms. The second-order valence-electron chi connectivity index (χ2n) is 8.36. The molecule has 8 nitrogen and oxygen atoms in total. The molecule has 0 aliphatic heterocycles. The Morgan fingerprint density at radius 1 is 0.514 bits per heavy atom. The van der Waals surface area contributed by atoms with Gasteiger partial charge in [0.05, 0.1) is 22.3 Å². The van der Waals surface area contributed by atoms with Crippen molar-refractivity contribution in [2.45, 2.75) is 6.92 Å². The van der Waals surface area contributed by atoms with E-state index in [0.29, 0.717) is 27.8 Å². The van der Waals surface area contributed by atoms with E-state index in [0.717, 1.165) is 11.6 Å². The zero-order valence-corrected chi connectivity index (χ0v) is 19.4. The highest BCUT2D eigenvalue weighted by atomic mass is 16.4. The van der Waals surface area contributed by atoms with Gasteiger partial charge in [-0.25, -0.2) is 19.2 Å². The van der Waals surface area contributed by atoms with Gasteiger partial charge in [-0.05, 0) is 70.6 Å². The SMILES string of the molecule is Cc1ccccc1-c1cc(C(=O)O)c(-c2ccc(-c3cc(C(=O)O)cc(C(=O)O)c3)cc2)c(C(=O)O)c1. The monoisotopic (exact) mass is 496 g/mol. The van der Waals surface area contributed by atoms with Crippen LogP contribution in [0.1, 0.15) is 47.0 Å². The van der Waals surface area contributed by atoms with Gasteiger partial charge in [0.1, 0.15) is 0 Å². The van der Waals surface area contributed by atoms with Gasteiger partial charge in [-0.3, -0.25) is 0 Å². The fourth-order valence-corrected chi connectivity index (χ4v) is 4.21. The van der Waals surface area contributed by atoms with E-state index >= 15 is 0 Å². The van der Waals surface area contributed by atoms with Gasteiger partial charge in [0.2, 0.25) is 0 Å². The molecule has 0 amide bonds. The Bertz CT molecular complexity index is 1520. The van der Waals surface area contributed by atoms with Crippen LogP contribution in [-0.2, 0) is 0 Å². The molecule has 0 aliphatic rings. The number of carboxylic acid groups (broad SMARTS) is 4. The van der Waals surface area contributed by atoms with Crippen LogP contribution in [0.4, 0.5) is 0 Å². The molecule has 37 heavy (non-hydrogen) atoms. The van der Waals surface area contributed by atoms with Crippen LogP contribution in [0.15, 0.2) is 78.9 Å². The summed E-state index contributed by atoms with van der Waals surface area (Å²) in [5.74, 6) is -5.16. The van der Waals surface area contributed by atoms with E-state index in [1.807, 2.05) is 19.1 Å². The van der Waals surface area contributed by atoms with Crippen molar-refractivity contribution in [3.63, 3.8) is 0 Å². The van der Waals surface area contributed by atoms with Gasteiger partial charge in [-0.15, -0.1) is 0 Å². The maximum absolute atomic E-state index is 12.2. The summed E-state index contributed by atoms with van der Waals surface area (Å²) in [4.78, 5) is 47.3. The number of rotatable bonds is 7. The van der Waals surface area contributed by atoms with E-state index in [1.54, 1.807) is 24.3 Å². The van der Waals surface area contributed by atoms with Crippen LogP contribution in [0.5, 0.6) is 0 Å². The van der Waals surface area contributed by atoms with Crippen LogP contribution in [0, 0.1) is 6.92 Å². The van der Waals surface area contributed by atoms with Crippen molar-refractivity contribution in [1.82, 2.24) is 0 Å². The summed E-state index contributed by atoms with van der Waals surface area (Å²) in [6, 6.07) is 20.0. The summed E-state index contributed by atoms with van der Waals surface area (Å²) in [7, 11) is 0. The molecule has 0 bridgehead atoms. The molecule has 0 atom stereocenters. The summed E-state index contributed by atoms with van der Waals surface area (Å²) >= 11 is 0. The fraction of sp³-hybridized carbons (Fsp3) is 0.0345. The van der Waals surface area contributed by atoms with Gasteiger partial charge in [0, 0.05) is 5.56 Å². The Morgan fingerprint density at radius 2 is 1.00 bits per heavy atom. The second-order valence-corrected chi connectivity index (χ2v) is 8.36. The Labute approximate surface area is 210 Å². The lowest BCUT2D eigenvalue weighted by Gasteiger charge is -2.15. The molecule has 4 rings (SSSR count). The third-order valence-corrected chi connectivity index (χ3v) is 5.99. The summed E-state index contributed by atoms with van der Waals surface area (Å²) in [5, 5.41) is 38.6. The molecule has 0 saturated carbocycles. The molecule has 0 radical (unpaired) electrons. The predicted octanol–water partition coefficient (Wildman–Crippen LogP) is 5.79. The minimum atomic E-state index is -1.29. The minimum absolute atomic E-state index is 0.0226. The molecule has 0 fully saturated rings. The summed E-state index contributed by atoms with van der Waals surface area (Å²) < 4.78 is 0. The smallest absolute Gasteiger partial charge is 0.336 e. The van der Waals surface area contributed by atoms with Crippen LogP contribution in [0.25, 0.3) is 33.4 Å². The van der Waals surface area contributed by atoms with Crippen molar-refractivity contribution >= 4 is 23.9 Å². The van der Waals surface area contributed by atoms with Crippen molar-refractivity contribution in [2.75, 3.05) is 0 Å². The van der Waals surface area contributed by atoms with Crippen molar-refractivity contribution in [1.29, 1.82) is 0 Å². The molecule has 8 heteroatoms. The van der Waals surface area contributed by atoms with Gasteiger partial charge in [0.25, 0.3) is 0 Å². The maximum Gasteiger partial charge on any atom is 0.336 e. The zero-order valence-electron chi connectivity index (χ0n) is 19.4. The standard InChI is InChI=1S/C29H20O8/c1-15-4-2-3-5-22(15)19-13-23(28(34)35)25(24(14-19)29(36)37)17-8-6-16(7-9-17)18-10-20(26(30)31)12-21(11-18)27(32)33/h2-14H,1H3,(H,30,31)(H,32,33)(H,34,35)(H,36,37). The molecular formula is C29H20O8. The summed E-state index contributed by atoms with van der Waals surface area (Å²) in [6.45, 7) is 1.85. The lowest BCUT2D eigenvalue weighted by molar-refractivity contribution is 0.0677. The fourth-order valence-electron chi connectivity index (χ4n) is 4.21. The highest BCUT2D eigenvalue weighted by Gasteiger charge is 2.23. The largest absolute Gasteiger partial charge is 0.478 e. The maximum atomic E-state index is 12.2. The topological polar surface area (TPSA) is 149 Å². The van der Waals surface area contributed by atoms with Gasteiger partial charge < -0.3 is 20.4 Å². The van der Waals surface area contributed by atoms with Crippen molar-refractivity contribution in [3.05, 3.63) is 107 Å². The molecule has 4 aromatic carbocycles. The first-order valence-electron chi connectivity index (χ1n) is 11.0. The lowest BCUT2D eigenvalue weighted by Crippen LogP contribution is -2.08. The van der Waals surface area contributed by atoms with Crippen molar-refractivity contribution in [3.8, 4) is 33.4 Å². The number of benzene rings is 4. The molecule has 0 unspecified atom stereocenters. The Hall–Kier alpha value is -5.24. The molecule has 0 aromatic heterocycles. The third kappa shape index (κ3) is 4.94. The lowest BCUT2D eigenvalue weighted by atomic mass is 9.88. The Balaban J connectivity index is 1.87. The quantitative estimate of drug-likeness (QED) is 0.251. The third-order valence-electron chi connectivity index (χ3n) is 5.99. The van der Waals surface area contributed by atoms with Gasteiger partial charge in [-0.2, -0.15) is 0 Å². The van der Waals surface area contributed by atoms with Crippen molar-refractivity contribution in [2.24, 2.45) is 0 Å². The van der Waals surface area contributed by atoms with Gasteiger partial charge >= 0.3 is 23.9 Å². The predicted molar refractivity (Wildman–Crippen MR) is 135 cm³/mol. The van der Waals surface area contributed by atoms with Crippen molar-refractivity contribution < 1.29 is 39.6 Å². The first-order chi connectivity index (χ1) is 17.6. The van der Waals surface area contributed by atoms with E-state index in [4.69, 9.17) is 0 Å². The van der Waals surface area contributed by atoms with Crippen LogP contribution in [-0.4, -0.2) is 44.3 Å². The Kier molecular flexibility index (Phi) is 6.58. The van der Waals surface area contributed by atoms with Gasteiger partial charge in [0.15, 0.2) is 0 Å². The number of aryl methyl sites for hydroxylation is 1. The molecule has 184 valence electrons. The number of aromatic carboxylic acids is 4. The number of carbonyl (C=O) groups is 4. The van der Waals surface area contributed by atoms with E-state index in [-0.39, 0.29) is 27.8 Å². The first kappa shape index (κ1) is 24.9. The molecule has 0 saturated heterocycles. The molecule has 4 N–H and O–H groups in total. The highest BCUT2D eigenvalue weighted by Crippen LogP contribution is 2.35. The molecular weight excluding hydrogens is 476 g/mol. The normalized spacial score (nSPS) is 10.6. The highest BCUT2D eigenvalue weighted by molar-refractivity contribution is 6.07. The van der Waals surface area contributed by atoms with Crippen LogP contribution in [0.2, 0.25) is 0 Å². The van der Waals surface area contributed by atoms with Crippen LogP contribution < -0.4 is 0 Å². The van der Waals surface area contributed by atoms with Crippen LogP contribution in [0.3, 0.4) is 0 Å². The van der Waals surface area contributed by atoms with E-state index < -0.39 is 23.9 Å². The van der Waals surface area contributed by atoms with E-state index in [2.05, 4.69) is 0 Å². The number of carboxylic acids is 4. The van der Waals surface area contributed by atoms with E-state index in [1.165, 1.54) is 36.4 Å². The number of hydrogen-bond donors (Lipinski definition) is 4. The summed E-state index contributed by atoms with van der Waals surface area (Å²) in [6.07, 6.45) is 0. The molecule has 0 heterocycles. The Morgan fingerprint density at radius 3 is 1.46 bits per heavy atom. The second kappa shape index (κ2) is 9.79. The van der Waals surface area contributed by atoms with Crippen LogP contribution >= 0.6 is 0 Å². The summed E-state index contributed by atoms with van der Waals surface area (Å²) in [5.41, 5.74) is 2.39. The molecule has 0 aliphatic carbocycles. The van der Waals surface area contributed by atoms with Gasteiger partial charge in [-0.1, -0.05) is 48.5 Å². The zero-order chi connectivity index (χ0) is 26.9. The molecule has 4 aromatic rings. The number of hydrogen-bond acceptors (Lipinski definition) is 4. The average Bonchev–Trinajstić information content (AvgIpc) is 2.88. The van der Waals surface area contributed by atoms with E-state index in [9.17, 15) is 39.6 Å². The first-order valence-corrected chi connectivity index (χ1v) is 11.0. The minimum Gasteiger partial charge on any atom is -0.478 e. The average molecular weight is 496 g/mol.